The third-order valence-corrected chi connectivity index (χ3v) is 5.48. The third kappa shape index (κ3) is 2.34. The van der Waals surface area contributed by atoms with Gasteiger partial charge in [0.25, 0.3) is 5.91 Å². The molecular formula is C19H20N6O. The number of aromatic nitrogens is 5. The van der Waals surface area contributed by atoms with Gasteiger partial charge in [-0.3, -0.25) is 9.48 Å². The molecule has 26 heavy (non-hydrogen) atoms. The molecule has 2 unspecified atom stereocenters. The van der Waals surface area contributed by atoms with E-state index in [1.54, 1.807) is 17.1 Å². The van der Waals surface area contributed by atoms with Crippen LogP contribution >= 0.6 is 0 Å². The first kappa shape index (κ1) is 15.3. The number of hydrogen-bond acceptors (Lipinski definition) is 4. The lowest BCUT2D eigenvalue weighted by Gasteiger charge is -2.27. The van der Waals surface area contributed by atoms with Gasteiger partial charge in [0.05, 0.1) is 17.8 Å². The molecule has 2 atom stereocenters. The Bertz CT molecular complexity index is 960. The Balaban J connectivity index is 1.50. The summed E-state index contributed by atoms with van der Waals surface area (Å²) >= 11 is 0. The van der Waals surface area contributed by atoms with Crippen LogP contribution in [-0.4, -0.2) is 47.4 Å². The Morgan fingerprint density at radius 2 is 1.92 bits per heavy atom. The molecular weight excluding hydrogens is 328 g/mol. The molecule has 0 saturated carbocycles. The second kappa shape index (κ2) is 5.79. The standard InChI is InChI=1S/C19H20N6O/c1-23-11-14(10-20-23)19(26)25-15-7-8-16(25)12-24-17(9-15)21-22-18(24)13-5-3-2-4-6-13/h2-6,10-11,15-16H,7-9,12H2,1H3. The highest BCUT2D eigenvalue weighted by Crippen LogP contribution is 2.34. The second-order valence-electron chi connectivity index (χ2n) is 7.12. The van der Waals surface area contributed by atoms with E-state index >= 15 is 0 Å². The number of rotatable bonds is 2. The molecule has 7 heteroatoms. The van der Waals surface area contributed by atoms with Crippen molar-refractivity contribution in [3.8, 4) is 11.4 Å². The highest BCUT2D eigenvalue weighted by Gasteiger charge is 2.41. The molecule has 3 aromatic rings. The summed E-state index contributed by atoms with van der Waals surface area (Å²) in [5.74, 6) is 1.94. The quantitative estimate of drug-likeness (QED) is 0.709. The minimum Gasteiger partial charge on any atom is -0.330 e. The minimum absolute atomic E-state index is 0.0746. The van der Waals surface area contributed by atoms with Crippen LogP contribution in [0.3, 0.4) is 0 Å². The minimum atomic E-state index is 0.0746. The van der Waals surface area contributed by atoms with Crippen LogP contribution in [0.15, 0.2) is 42.7 Å². The summed E-state index contributed by atoms with van der Waals surface area (Å²) in [6.07, 6.45) is 6.24. The lowest BCUT2D eigenvalue weighted by atomic mass is 10.1. The van der Waals surface area contributed by atoms with Gasteiger partial charge in [-0.25, -0.2) is 0 Å². The van der Waals surface area contributed by atoms with Gasteiger partial charge in [-0.1, -0.05) is 30.3 Å². The predicted molar refractivity (Wildman–Crippen MR) is 95.3 cm³/mol. The van der Waals surface area contributed by atoms with Gasteiger partial charge in [-0.15, -0.1) is 10.2 Å². The van der Waals surface area contributed by atoms with Gasteiger partial charge in [-0.2, -0.15) is 5.10 Å². The van der Waals surface area contributed by atoms with Crippen LogP contribution in [0.2, 0.25) is 0 Å². The predicted octanol–water partition coefficient (Wildman–Crippen LogP) is 1.91. The molecule has 0 N–H and O–H groups in total. The van der Waals surface area contributed by atoms with E-state index in [1.807, 2.05) is 25.2 Å². The summed E-state index contributed by atoms with van der Waals surface area (Å²) in [7, 11) is 1.83. The van der Waals surface area contributed by atoms with Gasteiger partial charge in [0.2, 0.25) is 0 Å². The van der Waals surface area contributed by atoms with Crippen molar-refractivity contribution in [2.75, 3.05) is 0 Å². The molecule has 2 aromatic heterocycles. The van der Waals surface area contributed by atoms with Crippen LogP contribution in [0.1, 0.15) is 29.0 Å². The number of hydrogen-bond donors (Lipinski definition) is 0. The molecule has 4 heterocycles. The van der Waals surface area contributed by atoms with Gasteiger partial charge in [0.1, 0.15) is 5.82 Å². The number of benzene rings is 1. The van der Waals surface area contributed by atoms with E-state index in [9.17, 15) is 4.79 Å². The SMILES string of the molecule is Cn1cc(C(=O)N2C3CCC2Cn2c(nnc2-c2ccccc2)C3)cn1. The zero-order chi connectivity index (χ0) is 17.7. The van der Waals surface area contributed by atoms with Crippen molar-refractivity contribution in [2.45, 2.75) is 37.9 Å². The van der Waals surface area contributed by atoms with E-state index < -0.39 is 0 Å². The maximum atomic E-state index is 13.1. The molecule has 0 spiro atoms. The van der Waals surface area contributed by atoms with Crippen LogP contribution in [0, 0.1) is 0 Å². The summed E-state index contributed by atoms with van der Waals surface area (Å²) in [5.41, 5.74) is 1.72. The molecule has 5 rings (SSSR count). The van der Waals surface area contributed by atoms with Crippen molar-refractivity contribution in [2.24, 2.45) is 7.05 Å². The number of fused-ring (bicyclic) bond motifs is 3. The highest BCUT2D eigenvalue weighted by atomic mass is 16.2. The van der Waals surface area contributed by atoms with Crippen molar-refractivity contribution in [3.63, 3.8) is 0 Å². The largest absolute Gasteiger partial charge is 0.330 e. The molecule has 1 fully saturated rings. The Labute approximate surface area is 151 Å². The summed E-state index contributed by atoms with van der Waals surface area (Å²) in [4.78, 5) is 15.1. The molecule has 0 aliphatic carbocycles. The van der Waals surface area contributed by atoms with E-state index in [1.165, 1.54) is 0 Å². The topological polar surface area (TPSA) is 68.8 Å². The Morgan fingerprint density at radius 3 is 2.69 bits per heavy atom. The van der Waals surface area contributed by atoms with Crippen molar-refractivity contribution in [1.29, 1.82) is 0 Å². The first-order chi connectivity index (χ1) is 12.7. The molecule has 7 nitrogen and oxygen atoms in total. The van der Waals surface area contributed by atoms with Gasteiger partial charge < -0.3 is 9.47 Å². The maximum absolute atomic E-state index is 13.1. The first-order valence-electron chi connectivity index (χ1n) is 8.99. The lowest BCUT2D eigenvalue weighted by Crippen LogP contribution is -2.42. The van der Waals surface area contributed by atoms with Crippen molar-refractivity contribution >= 4 is 5.91 Å². The highest BCUT2D eigenvalue weighted by molar-refractivity contribution is 5.94. The number of carbonyl (C=O) groups excluding carboxylic acids is 1. The Hall–Kier alpha value is -2.96. The smallest absolute Gasteiger partial charge is 0.257 e. The van der Waals surface area contributed by atoms with Gasteiger partial charge in [-0.05, 0) is 12.8 Å². The van der Waals surface area contributed by atoms with Crippen LogP contribution in [0.4, 0.5) is 0 Å². The maximum Gasteiger partial charge on any atom is 0.257 e. The van der Waals surface area contributed by atoms with E-state index in [4.69, 9.17) is 0 Å². The monoisotopic (exact) mass is 348 g/mol. The lowest BCUT2D eigenvalue weighted by molar-refractivity contribution is 0.0666. The molecule has 1 amide bonds. The molecule has 1 saturated heterocycles. The Morgan fingerprint density at radius 1 is 1.12 bits per heavy atom. The first-order valence-corrected chi connectivity index (χ1v) is 8.99. The molecule has 132 valence electrons. The molecule has 0 radical (unpaired) electrons. The number of carbonyl (C=O) groups is 1. The number of nitrogens with zero attached hydrogens (tertiary/aromatic N) is 6. The van der Waals surface area contributed by atoms with E-state index in [0.717, 1.165) is 43.0 Å². The molecule has 1 aromatic carbocycles. The second-order valence-corrected chi connectivity index (χ2v) is 7.12. The van der Waals surface area contributed by atoms with Gasteiger partial charge in [0.15, 0.2) is 5.82 Å². The van der Waals surface area contributed by atoms with Crippen LogP contribution in [0.25, 0.3) is 11.4 Å². The summed E-state index contributed by atoms with van der Waals surface area (Å²) in [5, 5.41) is 13.0. The van der Waals surface area contributed by atoms with E-state index in [-0.39, 0.29) is 18.0 Å². The summed E-state index contributed by atoms with van der Waals surface area (Å²) in [6, 6.07) is 10.5. The molecule has 2 bridgehead atoms. The van der Waals surface area contributed by atoms with E-state index in [2.05, 4.69) is 36.9 Å². The fourth-order valence-electron chi connectivity index (χ4n) is 4.25. The van der Waals surface area contributed by atoms with Crippen molar-refractivity contribution in [3.05, 3.63) is 54.1 Å². The van der Waals surface area contributed by atoms with Gasteiger partial charge >= 0.3 is 0 Å². The van der Waals surface area contributed by atoms with Gasteiger partial charge in [0, 0.05) is 37.8 Å². The third-order valence-electron chi connectivity index (χ3n) is 5.48. The van der Waals surface area contributed by atoms with Crippen molar-refractivity contribution < 1.29 is 4.79 Å². The average molecular weight is 348 g/mol. The fourth-order valence-corrected chi connectivity index (χ4v) is 4.25. The fraction of sp³-hybridized carbons (Fsp3) is 0.368. The zero-order valence-electron chi connectivity index (χ0n) is 14.6. The van der Waals surface area contributed by atoms with E-state index in [0.29, 0.717) is 5.56 Å². The summed E-state index contributed by atoms with van der Waals surface area (Å²) in [6.45, 7) is 0.745. The van der Waals surface area contributed by atoms with Crippen LogP contribution < -0.4 is 0 Å². The van der Waals surface area contributed by atoms with Crippen molar-refractivity contribution in [1.82, 2.24) is 29.4 Å². The number of aryl methyl sites for hydroxylation is 1. The van der Waals surface area contributed by atoms with Crippen LogP contribution in [-0.2, 0) is 20.0 Å². The Kier molecular flexibility index (Phi) is 3.41. The average Bonchev–Trinajstić information content (AvgIpc) is 3.33. The normalized spacial score (nSPS) is 21.5. The number of amides is 1. The summed E-state index contributed by atoms with van der Waals surface area (Å²) < 4.78 is 3.87. The van der Waals surface area contributed by atoms with Crippen LogP contribution in [0.5, 0.6) is 0 Å². The molecule has 2 aliphatic heterocycles. The molecule has 2 aliphatic rings. The zero-order valence-corrected chi connectivity index (χ0v) is 14.6.